The molecule has 0 bridgehead atoms. The minimum Gasteiger partial charge on any atom is -0.385 e. The van der Waals surface area contributed by atoms with Crippen LogP contribution in [0, 0.1) is 0 Å². The number of hydrogen-bond donors (Lipinski definition) is 2. The molecule has 0 radical (unpaired) electrons. The van der Waals surface area contributed by atoms with Gasteiger partial charge in [0.15, 0.2) is 5.11 Å². The lowest BCUT2D eigenvalue weighted by Gasteiger charge is -2.09. The van der Waals surface area contributed by atoms with Crippen LogP contribution >= 0.6 is 12.2 Å². The summed E-state index contributed by atoms with van der Waals surface area (Å²) in [6.07, 6.45) is 1.12. The average Bonchev–Trinajstić information content (AvgIpc) is 2.50. The Balaban J connectivity index is 0.000000383. The summed E-state index contributed by atoms with van der Waals surface area (Å²) in [6.45, 7) is 2.98. The van der Waals surface area contributed by atoms with Crippen molar-refractivity contribution in [1.82, 2.24) is 0 Å². The Hall–Kier alpha value is -1.91. The molecule has 0 spiro atoms. The van der Waals surface area contributed by atoms with E-state index in [2.05, 4.69) is 17.6 Å². The molecule has 0 heterocycles. The lowest BCUT2D eigenvalue weighted by molar-refractivity contribution is 0.199. The zero-order valence-electron chi connectivity index (χ0n) is 12.5. The molecule has 3 nitrogen and oxygen atoms in total. The summed E-state index contributed by atoms with van der Waals surface area (Å²) in [6, 6.07) is 19.7. The molecule has 112 valence electrons. The normalized spacial score (nSPS) is 9.24. The highest BCUT2D eigenvalue weighted by molar-refractivity contribution is 7.80. The predicted molar refractivity (Wildman–Crippen MR) is 94.9 cm³/mol. The van der Waals surface area contributed by atoms with E-state index in [0.29, 0.717) is 5.11 Å². The number of benzene rings is 2. The molecule has 0 aliphatic carbocycles. The van der Waals surface area contributed by atoms with Crippen LogP contribution in [0.4, 0.5) is 11.4 Å². The Morgan fingerprint density at radius 3 is 1.62 bits per heavy atom. The fourth-order valence-electron chi connectivity index (χ4n) is 1.54. The summed E-state index contributed by atoms with van der Waals surface area (Å²) >= 11 is 5.20. The number of anilines is 2. The standard InChI is InChI=1S/C13H12N2S.C4H10O/c16-13(14-11-7-3-1-4-8-11)15-12-9-5-2-6-10-12;1-3-4-5-2/h1-10H,(H2,14,15,16);3-4H2,1-2H3. The topological polar surface area (TPSA) is 33.3 Å². The third kappa shape index (κ3) is 8.07. The number of hydrogen-bond acceptors (Lipinski definition) is 2. The molecule has 0 fully saturated rings. The fourth-order valence-corrected chi connectivity index (χ4v) is 1.78. The van der Waals surface area contributed by atoms with Crippen LogP contribution in [-0.4, -0.2) is 18.8 Å². The van der Waals surface area contributed by atoms with E-state index in [1.165, 1.54) is 0 Å². The molecular weight excluding hydrogens is 280 g/mol. The van der Waals surface area contributed by atoms with Crippen molar-refractivity contribution in [3.8, 4) is 0 Å². The van der Waals surface area contributed by atoms with Crippen molar-refractivity contribution in [1.29, 1.82) is 0 Å². The lowest BCUT2D eigenvalue weighted by Crippen LogP contribution is -2.18. The van der Waals surface area contributed by atoms with E-state index in [9.17, 15) is 0 Å². The van der Waals surface area contributed by atoms with Crippen LogP contribution in [-0.2, 0) is 4.74 Å². The van der Waals surface area contributed by atoms with Gasteiger partial charge in [-0.1, -0.05) is 43.3 Å². The lowest BCUT2D eigenvalue weighted by atomic mass is 10.3. The summed E-state index contributed by atoms with van der Waals surface area (Å²) in [5.41, 5.74) is 1.96. The minimum absolute atomic E-state index is 0.595. The van der Waals surface area contributed by atoms with Crippen molar-refractivity contribution >= 4 is 28.7 Å². The third-order valence-corrected chi connectivity index (χ3v) is 2.68. The molecule has 0 aromatic heterocycles. The second-order valence-electron chi connectivity index (χ2n) is 4.30. The van der Waals surface area contributed by atoms with Gasteiger partial charge in [-0.05, 0) is 42.9 Å². The van der Waals surface area contributed by atoms with Crippen LogP contribution in [0.1, 0.15) is 13.3 Å². The van der Waals surface area contributed by atoms with Crippen molar-refractivity contribution in [3.63, 3.8) is 0 Å². The van der Waals surface area contributed by atoms with Crippen LogP contribution in [0.25, 0.3) is 0 Å². The van der Waals surface area contributed by atoms with E-state index in [0.717, 1.165) is 24.4 Å². The highest BCUT2D eigenvalue weighted by atomic mass is 32.1. The van der Waals surface area contributed by atoms with Gasteiger partial charge in [-0.2, -0.15) is 0 Å². The molecule has 21 heavy (non-hydrogen) atoms. The van der Waals surface area contributed by atoms with Crippen LogP contribution in [0.5, 0.6) is 0 Å². The molecular formula is C17H22N2OS. The van der Waals surface area contributed by atoms with Gasteiger partial charge in [0, 0.05) is 25.1 Å². The molecule has 0 amide bonds. The Morgan fingerprint density at radius 1 is 0.905 bits per heavy atom. The molecule has 2 aromatic carbocycles. The molecule has 2 aromatic rings. The minimum atomic E-state index is 0.595. The van der Waals surface area contributed by atoms with Crippen molar-refractivity contribution in [2.45, 2.75) is 13.3 Å². The van der Waals surface area contributed by atoms with Crippen LogP contribution in [0.2, 0.25) is 0 Å². The summed E-state index contributed by atoms with van der Waals surface area (Å²) in [5, 5.41) is 6.82. The molecule has 0 aliphatic heterocycles. The first-order chi connectivity index (χ1) is 10.3. The van der Waals surface area contributed by atoms with Gasteiger partial charge in [-0.25, -0.2) is 0 Å². The van der Waals surface area contributed by atoms with E-state index < -0.39 is 0 Å². The summed E-state index contributed by atoms with van der Waals surface area (Å²) in [4.78, 5) is 0. The molecule has 0 unspecified atom stereocenters. The molecule has 4 heteroatoms. The van der Waals surface area contributed by atoms with Gasteiger partial charge in [0.1, 0.15) is 0 Å². The van der Waals surface area contributed by atoms with Crippen LogP contribution in [0.15, 0.2) is 60.7 Å². The van der Waals surface area contributed by atoms with Crippen molar-refractivity contribution < 1.29 is 4.74 Å². The maximum absolute atomic E-state index is 5.20. The third-order valence-electron chi connectivity index (χ3n) is 2.47. The average molecular weight is 302 g/mol. The zero-order chi connectivity index (χ0) is 15.3. The van der Waals surface area contributed by atoms with Crippen LogP contribution < -0.4 is 10.6 Å². The number of ether oxygens (including phenoxy) is 1. The second kappa shape index (κ2) is 10.8. The van der Waals surface area contributed by atoms with E-state index >= 15 is 0 Å². The summed E-state index contributed by atoms with van der Waals surface area (Å²) < 4.78 is 4.69. The second-order valence-corrected chi connectivity index (χ2v) is 4.71. The quantitative estimate of drug-likeness (QED) is 0.813. The Morgan fingerprint density at radius 2 is 1.33 bits per heavy atom. The van der Waals surface area contributed by atoms with Crippen molar-refractivity contribution in [2.24, 2.45) is 0 Å². The first kappa shape index (κ1) is 17.1. The van der Waals surface area contributed by atoms with Gasteiger partial charge in [0.25, 0.3) is 0 Å². The molecule has 0 saturated carbocycles. The number of para-hydroxylation sites is 2. The zero-order valence-corrected chi connectivity index (χ0v) is 13.3. The van der Waals surface area contributed by atoms with Crippen LogP contribution in [0.3, 0.4) is 0 Å². The number of rotatable bonds is 4. The summed E-state index contributed by atoms with van der Waals surface area (Å²) in [5.74, 6) is 0. The fraction of sp³-hybridized carbons (Fsp3) is 0.235. The first-order valence-corrected chi connectivity index (χ1v) is 7.34. The van der Waals surface area contributed by atoms with E-state index in [1.807, 2.05) is 60.7 Å². The Labute approximate surface area is 132 Å². The Kier molecular flexibility index (Phi) is 8.84. The molecule has 0 aliphatic rings. The monoisotopic (exact) mass is 302 g/mol. The van der Waals surface area contributed by atoms with Gasteiger partial charge in [0.2, 0.25) is 0 Å². The van der Waals surface area contributed by atoms with E-state index in [-0.39, 0.29) is 0 Å². The molecule has 0 atom stereocenters. The van der Waals surface area contributed by atoms with Gasteiger partial charge < -0.3 is 15.4 Å². The van der Waals surface area contributed by atoms with E-state index in [1.54, 1.807) is 7.11 Å². The smallest absolute Gasteiger partial charge is 0.175 e. The van der Waals surface area contributed by atoms with E-state index in [4.69, 9.17) is 17.0 Å². The molecule has 2 rings (SSSR count). The van der Waals surface area contributed by atoms with Gasteiger partial charge in [-0.15, -0.1) is 0 Å². The number of methoxy groups -OCH3 is 1. The maximum atomic E-state index is 5.20. The van der Waals surface area contributed by atoms with Crippen molar-refractivity contribution in [2.75, 3.05) is 24.4 Å². The highest BCUT2D eigenvalue weighted by Crippen LogP contribution is 2.08. The van der Waals surface area contributed by atoms with Gasteiger partial charge in [-0.3, -0.25) is 0 Å². The largest absolute Gasteiger partial charge is 0.385 e. The summed E-state index contributed by atoms with van der Waals surface area (Å²) in [7, 11) is 1.71. The van der Waals surface area contributed by atoms with Gasteiger partial charge in [0.05, 0.1) is 0 Å². The number of nitrogens with one attached hydrogen (secondary N) is 2. The number of thiocarbonyl (C=S) groups is 1. The molecule has 0 saturated heterocycles. The predicted octanol–water partition coefficient (Wildman–Crippen LogP) is 4.54. The molecule has 2 N–H and O–H groups in total. The first-order valence-electron chi connectivity index (χ1n) is 6.93. The van der Waals surface area contributed by atoms with Gasteiger partial charge >= 0.3 is 0 Å². The van der Waals surface area contributed by atoms with Crippen molar-refractivity contribution in [3.05, 3.63) is 60.7 Å². The Bertz CT molecular complexity index is 457. The maximum Gasteiger partial charge on any atom is 0.175 e. The SMILES string of the molecule is CCCOC.S=C(Nc1ccccc1)Nc1ccccc1. The highest BCUT2D eigenvalue weighted by Gasteiger charge is 1.96.